The van der Waals surface area contributed by atoms with Crippen LogP contribution in [0.4, 0.5) is 4.39 Å². The molecule has 0 fully saturated rings. The molecule has 4 heteroatoms. The average molecular weight is 240 g/mol. The number of rotatable bonds is 5. The Kier molecular flexibility index (Phi) is 4.23. The van der Waals surface area contributed by atoms with Crippen LogP contribution in [0.5, 0.6) is 0 Å². The fourth-order valence-corrected chi connectivity index (χ4v) is 1.51. The molecule has 0 aliphatic heterocycles. The summed E-state index contributed by atoms with van der Waals surface area (Å²) in [6, 6.07) is 5.50. The number of carbonyl (C=O) groups is 1. The molecule has 0 aliphatic rings. The van der Waals surface area contributed by atoms with E-state index in [1.165, 1.54) is 25.1 Å². The van der Waals surface area contributed by atoms with Crippen molar-refractivity contribution < 1.29 is 19.0 Å². The molecule has 0 radical (unpaired) electrons. The lowest BCUT2D eigenvalue weighted by atomic mass is 9.95. The Morgan fingerprint density at radius 2 is 2.24 bits per heavy atom. The second kappa shape index (κ2) is 5.27. The van der Waals surface area contributed by atoms with Crippen LogP contribution in [0, 0.1) is 5.82 Å². The number of carboxylic acids is 1. The highest BCUT2D eigenvalue weighted by molar-refractivity contribution is 5.79. The average Bonchev–Trinajstić information content (AvgIpc) is 2.28. The number of aliphatic carboxylic acids is 1. The van der Waals surface area contributed by atoms with Crippen molar-refractivity contribution in [3.8, 4) is 0 Å². The zero-order chi connectivity index (χ0) is 13.1. The van der Waals surface area contributed by atoms with E-state index in [0.717, 1.165) is 0 Å². The van der Waals surface area contributed by atoms with Crippen molar-refractivity contribution >= 4 is 5.97 Å². The Bertz CT molecular complexity index is 405. The second-order valence-electron chi connectivity index (χ2n) is 4.19. The molecule has 1 N–H and O–H groups in total. The van der Waals surface area contributed by atoms with Crippen molar-refractivity contribution in [2.24, 2.45) is 0 Å². The van der Waals surface area contributed by atoms with E-state index in [0.29, 0.717) is 12.0 Å². The lowest BCUT2D eigenvalue weighted by Crippen LogP contribution is -2.38. The van der Waals surface area contributed by atoms with Crippen LogP contribution in [-0.2, 0) is 15.1 Å². The van der Waals surface area contributed by atoms with Gasteiger partial charge in [-0.15, -0.1) is 0 Å². The van der Waals surface area contributed by atoms with Crippen LogP contribution in [0.15, 0.2) is 24.3 Å². The Morgan fingerprint density at radius 3 is 2.71 bits per heavy atom. The Hall–Kier alpha value is -1.42. The van der Waals surface area contributed by atoms with Gasteiger partial charge in [0.1, 0.15) is 5.82 Å². The molecule has 3 nitrogen and oxygen atoms in total. The summed E-state index contributed by atoms with van der Waals surface area (Å²) < 4.78 is 18.7. The van der Waals surface area contributed by atoms with Crippen LogP contribution < -0.4 is 0 Å². The molecule has 0 spiro atoms. The third kappa shape index (κ3) is 3.03. The summed E-state index contributed by atoms with van der Waals surface area (Å²) >= 11 is 0. The minimum atomic E-state index is -1.52. The zero-order valence-corrected chi connectivity index (χ0v) is 10.2. The fraction of sp³-hybridized carbons (Fsp3) is 0.462. The van der Waals surface area contributed by atoms with Gasteiger partial charge in [0.25, 0.3) is 0 Å². The summed E-state index contributed by atoms with van der Waals surface area (Å²) in [6.45, 7) is 5.13. The van der Waals surface area contributed by atoms with Crippen LogP contribution in [0.25, 0.3) is 0 Å². The molecular formula is C13H17FO3. The minimum absolute atomic E-state index is 0.209. The number of carboxylic acid groups (broad SMARTS) is 1. The monoisotopic (exact) mass is 240 g/mol. The molecule has 0 saturated heterocycles. The number of ether oxygens (including phenoxy) is 1. The van der Waals surface area contributed by atoms with E-state index in [4.69, 9.17) is 4.74 Å². The Balaban J connectivity index is 3.11. The maximum atomic E-state index is 13.1. The van der Waals surface area contributed by atoms with Gasteiger partial charge in [0.15, 0.2) is 5.60 Å². The zero-order valence-electron chi connectivity index (χ0n) is 10.2. The van der Waals surface area contributed by atoms with Crippen molar-refractivity contribution in [3.63, 3.8) is 0 Å². The maximum Gasteiger partial charge on any atom is 0.340 e. The summed E-state index contributed by atoms with van der Waals surface area (Å²) in [4.78, 5) is 11.3. The Labute approximate surface area is 100 Å². The second-order valence-corrected chi connectivity index (χ2v) is 4.19. The molecule has 94 valence electrons. The molecule has 1 aromatic rings. The van der Waals surface area contributed by atoms with E-state index >= 15 is 0 Å². The molecule has 2 atom stereocenters. The normalized spacial score (nSPS) is 16.2. The lowest BCUT2D eigenvalue weighted by Gasteiger charge is -2.29. The number of halogens is 1. The first-order valence-corrected chi connectivity index (χ1v) is 5.57. The molecule has 0 aliphatic carbocycles. The van der Waals surface area contributed by atoms with Gasteiger partial charge in [0.2, 0.25) is 0 Å². The van der Waals surface area contributed by atoms with E-state index in [9.17, 15) is 14.3 Å². The standard InChI is InChI=1S/C13H17FO3/c1-4-9(2)17-13(3,12(15)16)10-6-5-7-11(14)8-10/h5-9H,4H2,1-3H3,(H,15,16). The van der Waals surface area contributed by atoms with Gasteiger partial charge in [-0.3, -0.25) is 0 Å². The summed E-state index contributed by atoms with van der Waals surface area (Å²) in [5, 5.41) is 9.27. The first-order valence-electron chi connectivity index (χ1n) is 5.57. The smallest absolute Gasteiger partial charge is 0.340 e. The van der Waals surface area contributed by atoms with E-state index in [1.54, 1.807) is 13.0 Å². The molecule has 0 saturated carbocycles. The molecule has 1 aromatic carbocycles. The molecule has 2 unspecified atom stereocenters. The number of benzene rings is 1. The molecule has 0 bridgehead atoms. The van der Waals surface area contributed by atoms with Gasteiger partial charge < -0.3 is 9.84 Å². The highest BCUT2D eigenvalue weighted by Gasteiger charge is 2.37. The predicted octanol–water partition coefficient (Wildman–Crippen LogP) is 2.94. The van der Waals surface area contributed by atoms with Gasteiger partial charge >= 0.3 is 5.97 Å². The van der Waals surface area contributed by atoms with Crippen molar-refractivity contribution in [2.45, 2.75) is 38.9 Å². The van der Waals surface area contributed by atoms with Crippen LogP contribution in [0.2, 0.25) is 0 Å². The predicted molar refractivity (Wildman–Crippen MR) is 62.2 cm³/mol. The topological polar surface area (TPSA) is 46.5 Å². The summed E-state index contributed by atoms with van der Waals surface area (Å²) in [5.41, 5.74) is -1.21. The molecular weight excluding hydrogens is 223 g/mol. The maximum absolute atomic E-state index is 13.1. The first kappa shape index (κ1) is 13.6. The van der Waals surface area contributed by atoms with Gasteiger partial charge in [-0.05, 0) is 38.0 Å². The highest BCUT2D eigenvalue weighted by atomic mass is 19.1. The van der Waals surface area contributed by atoms with Crippen molar-refractivity contribution in [1.82, 2.24) is 0 Å². The van der Waals surface area contributed by atoms with Crippen LogP contribution in [0.1, 0.15) is 32.8 Å². The fourth-order valence-electron chi connectivity index (χ4n) is 1.51. The highest BCUT2D eigenvalue weighted by Crippen LogP contribution is 2.28. The van der Waals surface area contributed by atoms with Gasteiger partial charge in [0.05, 0.1) is 6.10 Å². The van der Waals surface area contributed by atoms with E-state index < -0.39 is 17.4 Å². The molecule has 1 rings (SSSR count). The van der Waals surface area contributed by atoms with E-state index in [2.05, 4.69) is 0 Å². The van der Waals surface area contributed by atoms with E-state index in [1.807, 2.05) is 6.92 Å². The summed E-state index contributed by atoms with van der Waals surface area (Å²) in [6.07, 6.45) is 0.484. The van der Waals surface area contributed by atoms with Gasteiger partial charge in [-0.25, -0.2) is 9.18 Å². The van der Waals surface area contributed by atoms with Gasteiger partial charge in [-0.2, -0.15) is 0 Å². The number of hydrogen-bond acceptors (Lipinski definition) is 2. The van der Waals surface area contributed by atoms with Crippen molar-refractivity contribution in [3.05, 3.63) is 35.6 Å². The van der Waals surface area contributed by atoms with E-state index in [-0.39, 0.29) is 6.10 Å². The summed E-state index contributed by atoms with van der Waals surface area (Å²) in [5.74, 6) is -1.59. The molecule has 17 heavy (non-hydrogen) atoms. The summed E-state index contributed by atoms with van der Waals surface area (Å²) in [7, 11) is 0. The van der Waals surface area contributed by atoms with Gasteiger partial charge in [0, 0.05) is 0 Å². The quantitative estimate of drug-likeness (QED) is 0.860. The SMILES string of the molecule is CCC(C)OC(C)(C(=O)O)c1cccc(F)c1. The van der Waals surface area contributed by atoms with Gasteiger partial charge in [-0.1, -0.05) is 19.1 Å². The molecule has 0 amide bonds. The van der Waals surface area contributed by atoms with Crippen LogP contribution in [-0.4, -0.2) is 17.2 Å². The minimum Gasteiger partial charge on any atom is -0.479 e. The van der Waals surface area contributed by atoms with Crippen molar-refractivity contribution in [1.29, 1.82) is 0 Å². The number of hydrogen-bond donors (Lipinski definition) is 1. The first-order chi connectivity index (χ1) is 7.90. The third-order valence-corrected chi connectivity index (χ3v) is 2.80. The largest absolute Gasteiger partial charge is 0.479 e. The third-order valence-electron chi connectivity index (χ3n) is 2.80. The Morgan fingerprint density at radius 1 is 1.59 bits per heavy atom. The van der Waals surface area contributed by atoms with Crippen molar-refractivity contribution in [2.75, 3.05) is 0 Å². The lowest BCUT2D eigenvalue weighted by molar-refractivity contribution is -0.172. The molecule has 0 aromatic heterocycles. The van der Waals surface area contributed by atoms with Crippen LogP contribution >= 0.6 is 0 Å². The van der Waals surface area contributed by atoms with Crippen LogP contribution in [0.3, 0.4) is 0 Å². The molecule has 0 heterocycles.